The van der Waals surface area contributed by atoms with Gasteiger partial charge in [0.2, 0.25) is 0 Å². The summed E-state index contributed by atoms with van der Waals surface area (Å²) in [5.41, 5.74) is 2.64. The zero-order valence-electron chi connectivity index (χ0n) is 16.1. The summed E-state index contributed by atoms with van der Waals surface area (Å²) < 4.78 is 7.22. The molecule has 0 amide bonds. The third-order valence-corrected chi connectivity index (χ3v) is 5.00. The van der Waals surface area contributed by atoms with Crippen molar-refractivity contribution in [1.82, 2.24) is 4.57 Å². The molecular weight excluding hydrogens is 374 g/mol. The lowest BCUT2D eigenvalue weighted by molar-refractivity contribution is 0.101. The van der Waals surface area contributed by atoms with Crippen LogP contribution in [0.15, 0.2) is 65.6 Å². The molecule has 0 saturated heterocycles. The molecule has 144 valence electrons. The number of nitrogens with zero attached hydrogens (tertiary/aromatic N) is 1. The number of halogens is 1. The van der Waals surface area contributed by atoms with Crippen molar-refractivity contribution in [2.24, 2.45) is 0 Å². The molecule has 1 atom stereocenters. The third kappa shape index (κ3) is 4.18. The van der Waals surface area contributed by atoms with E-state index < -0.39 is 0 Å². The molecule has 0 aliphatic carbocycles. The van der Waals surface area contributed by atoms with Gasteiger partial charge in [-0.2, -0.15) is 0 Å². The minimum absolute atomic E-state index is 0.0514. The average Bonchev–Trinajstić information content (AvgIpc) is 2.68. The lowest BCUT2D eigenvalue weighted by Gasteiger charge is -2.19. The summed E-state index contributed by atoms with van der Waals surface area (Å²) in [6.45, 7) is 3.48. The second kappa shape index (κ2) is 8.44. The van der Waals surface area contributed by atoms with Crippen molar-refractivity contribution in [3.8, 4) is 16.9 Å². The van der Waals surface area contributed by atoms with E-state index in [2.05, 4.69) is 0 Å². The van der Waals surface area contributed by atoms with Gasteiger partial charge in [0.25, 0.3) is 5.56 Å². The summed E-state index contributed by atoms with van der Waals surface area (Å²) in [6.07, 6.45) is 2.43. The van der Waals surface area contributed by atoms with Crippen LogP contribution in [0.3, 0.4) is 0 Å². The number of methoxy groups -OCH3 is 1. The van der Waals surface area contributed by atoms with E-state index in [1.54, 1.807) is 36.1 Å². The molecule has 0 radical (unpaired) electrons. The van der Waals surface area contributed by atoms with Crippen molar-refractivity contribution in [3.63, 3.8) is 0 Å². The summed E-state index contributed by atoms with van der Waals surface area (Å²) in [7, 11) is 1.55. The Hall–Kier alpha value is -2.85. The molecule has 0 spiro atoms. The van der Waals surface area contributed by atoms with Crippen LogP contribution in [0.2, 0.25) is 5.02 Å². The first-order valence-corrected chi connectivity index (χ1v) is 9.43. The van der Waals surface area contributed by atoms with Crippen molar-refractivity contribution < 1.29 is 9.53 Å². The number of Topliss-reactive ketones (excluding diaryl/α,β-unsaturated/α-hetero) is 1. The topological polar surface area (TPSA) is 48.3 Å². The molecule has 3 aromatic rings. The van der Waals surface area contributed by atoms with Crippen LogP contribution in [0.5, 0.6) is 5.75 Å². The first kappa shape index (κ1) is 19.9. The van der Waals surface area contributed by atoms with Crippen LogP contribution in [0.4, 0.5) is 0 Å². The van der Waals surface area contributed by atoms with Gasteiger partial charge in [0.15, 0.2) is 5.78 Å². The van der Waals surface area contributed by atoms with Crippen LogP contribution in [-0.2, 0) is 6.42 Å². The number of hydrogen-bond donors (Lipinski definition) is 0. The number of carbonyl (C=O) groups is 1. The fourth-order valence-electron chi connectivity index (χ4n) is 3.35. The number of pyridine rings is 1. The third-order valence-electron chi connectivity index (χ3n) is 4.76. The van der Waals surface area contributed by atoms with Crippen LogP contribution in [0.1, 0.15) is 35.8 Å². The van der Waals surface area contributed by atoms with E-state index in [0.29, 0.717) is 27.5 Å². The standard InChI is InChI=1S/C23H22ClNO3/c1-15(11-17-7-5-4-6-8-17)25-14-22(28-3)21(13-23(25)27)20-12-18(24)9-10-19(20)16(2)26/h4-10,12-15H,11H2,1-3H3. The second-order valence-electron chi connectivity index (χ2n) is 6.79. The molecule has 1 heterocycles. The molecule has 0 aliphatic rings. The van der Waals surface area contributed by atoms with Gasteiger partial charge in [-0.25, -0.2) is 0 Å². The van der Waals surface area contributed by atoms with Gasteiger partial charge in [-0.3, -0.25) is 9.59 Å². The van der Waals surface area contributed by atoms with Gasteiger partial charge < -0.3 is 9.30 Å². The highest BCUT2D eigenvalue weighted by molar-refractivity contribution is 6.31. The normalized spacial score (nSPS) is 11.9. The summed E-state index contributed by atoms with van der Waals surface area (Å²) in [4.78, 5) is 24.9. The zero-order valence-corrected chi connectivity index (χ0v) is 16.9. The summed E-state index contributed by atoms with van der Waals surface area (Å²) in [5, 5.41) is 0.490. The van der Waals surface area contributed by atoms with Crippen molar-refractivity contribution >= 4 is 17.4 Å². The van der Waals surface area contributed by atoms with Crippen molar-refractivity contribution in [3.05, 3.63) is 87.3 Å². The summed E-state index contributed by atoms with van der Waals surface area (Å²) in [6, 6.07) is 16.5. The maximum atomic E-state index is 12.9. The van der Waals surface area contributed by atoms with Gasteiger partial charge in [0, 0.05) is 28.3 Å². The fourth-order valence-corrected chi connectivity index (χ4v) is 3.52. The number of benzene rings is 2. The molecule has 0 fully saturated rings. The maximum absolute atomic E-state index is 12.9. The first-order chi connectivity index (χ1) is 13.4. The molecule has 5 heteroatoms. The van der Waals surface area contributed by atoms with Gasteiger partial charge in [0.1, 0.15) is 5.75 Å². The van der Waals surface area contributed by atoms with E-state index in [9.17, 15) is 9.59 Å². The van der Waals surface area contributed by atoms with E-state index in [1.165, 1.54) is 13.0 Å². The quantitative estimate of drug-likeness (QED) is 0.540. The Kier molecular flexibility index (Phi) is 6.00. The Morgan fingerprint density at radius 3 is 2.46 bits per heavy atom. The predicted octanol–water partition coefficient (Wildman–Crippen LogP) is 5.18. The van der Waals surface area contributed by atoms with Crippen molar-refractivity contribution in [1.29, 1.82) is 0 Å². The Morgan fingerprint density at radius 2 is 1.82 bits per heavy atom. The number of aromatic nitrogens is 1. The minimum Gasteiger partial charge on any atom is -0.495 e. The number of carbonyl (C=O) groups excluding carboxylic acids is 1. The molecule has 0 saturated carbocycles. The van der Waals surface area contributed by atoms with Gasteiger partial charge in [-0.05, 0) is 49.6 Å². The SMILES string of the molecule is COc1cn(C(C)Cc2ccccc2)c(=O)cc1-c1cc(Cl)ccc1C(C)=O. The summed E-state index contributed by atoms with van der Waals surface area (Å²) in [5.74, 6) is 0.416. The number of hydrogen-bond acceptors (Lipinski definition) is 3. The lowest BCUT2D eigenvalue weighted by atomic mass is 9.97. The first-order valence-electron chi connectivity index (χ1n) is 9.05. The van der Waals surface area contributed by atoms with Crippen LogP contribution in [0, 0.1) is 0 Å². The van der Waals surface area contributed by atoms with Crippen LogP contribution >= 0.6 is 11.6 Å². The van der Waals surface area contributed by atoms with E-state index in [0.717, 1.165) is 12.0 Å². The van der Waals surface area contributed by atoms with Gasteiger partial charge in [-0.15, -0.1) is 0 Å². The molecule has 0 bridgehead atoms. The van der Waals surface area contributed by atoms with Crippen LogP contribution in [0.25, 0.3) is 11.1 Å². The van der Waals surface area contributed by atoms with E-state index >= 15 is 0 Å². The highest BCUT2D eigenvalue weighted by atomic mass is 35.5. The molecular formula is C23H22ClNO3. The number of ketones is 1. The molecule has 0 N–H and O–H groups in total. The molecule has 3 rings (SSSR count). The molecule has 1 unspecified atom stereocenters. The van der Waals surface area contributed by atoms with Gasteiger partial charge in [-0.1, -0.05) is 41.9 Å². The van der Waals surface area contributed by atoms with Gasteiger partial charge in [0.05, 0.1) is 13.3 Å². The molecule has 1 aromatic heterocycles. The Morgan fingerprint density at radius 1 is 1.11 bits per heavy atom. The molecule has 4 nitrogen and oxygen atoms in total. The van der Waals surface area contributed by atoms with Crippen molar-refractivity contribution in [2.45, 2.75) is 26.3 Å². The smallest absolute Gasteiger partial charge is 0.251 e. The van der Waals surface area contributed by atoms with Crippen molar-refractivity contribution in [2.75, 3.05) is 7.11 Å². The highest BCUT2D eigenvalue weighted by Gasteiger charge is 2.18. The van der Waals surface area contributed by atoms with E-state index in [4.69, 9.17) is 16.3 Å². The monoisotopic (exact) mass is 395 g/mol. The van der Waals surface area contributed by atoms with E-state index in [-0.39, 0.29) is 17.4 Å². The second-order valence-corrected chi connectivity index (χ2v) is 7.22. The summed E-state index contributed by atoms with van der Waals surface area (Å²) >= 11 is 6.14. The highest BCUT2D eigenvalue weighted by Crippen LogP contribution is 2.34. The molecule has 28 heavy (non-hydrogen) atoms. The van der Waals surface area contributed by atoms with E-state index in [1.807, 2.05) is 37.3 Å². The lowest BCUT2D eigenvalue weighted by Crippen LogP contribution is -2.24. The number of rotatable bonds is 6. The van der Waals surface area contributed by atoms with Crippen LogP contribution in [-0.4, -0.2) is 17.5 Å². The average molecular weight is 396 g/mol. The zero-order chi connectivity index (χ0) is 20.3. The van der Waals surface area contributed by atoms with Gasteiger partial charge >= 0.3 is 0 Å². The largest absolute Gasteiger partial charge is 0.495 e. The maximum Gasteiger partial charge on any atom is 0.251 e. The minimum atomic E-state index is -0.159. The molecule has 0 aliphatic heterocycles. The molecule has 2 aromatic carbocycles. The Balaban J connectivity index is 2.07. The predicted molar refractivity (Wildman–Crippen MR) is 113 cm³/mol. The van der Waals surface area contributed by atoms with Crippen LogP contribution < -0.4 is 10.3 Å². The fraction of sp³-hybridized carbons (Fsp3) is 0.217. The Bertz CT molecular complexity index is 1060. The Labute approximate surface area is 169 Å². The number of ether oxygens (including phenoxy) is 1.